The van der Waals surface area contributed by atoms with E-state index in [4.69, 9.17) is 16.9 Å². The summed E-state index contributed by atoms with van der Waals surface area (Å²) in [4.78, 5) is 0. The van der Waals surface area contributed by atoms with Crippen LogP contribution in [-0.4, -0.2) is 14.2 Å². The predicted molar refractivity (Wildman–Crippen MR) is 73.3 cm³/mol. The molecule has 9 heteroatoms. The van der Waals surface area contributed by atoms with E-state index in [1.807, 2.05) is 6.07 Å². The number of anilines is 1. The Bertz CT molecular complexity index is 679. The second-order valence-electron chi connectivity index (χ2n) is 5.05. The molecule has 1 N–H and O–H groups in total. The lowest BCUT2D eigenvalue weighted by Gasteiger charge is -2.17. The van der Waals surface area contributed by atoms with Gasteiger partial charge in [0.2, 0.25) is 10.0 Å². The number of rotatable bonds is 4. The molecule has 1 aromatic carbocycles. The molecule has 0 atom stereocenters. The molecule has 0 heterocycles. The Labute approximate surface area is 125 Å². The minimum absolute atomic E-state index is 0.168. The third-order valence-electron chi connectivity index (χ3n) is 2.42. The van der Waals surface area contributed by atoms with Crippen LogP contribution in [0.5, 0.6) is 0 Å². The fraction of sp³-hybridized carbons (Fsp3) is 0.417. The second kappa shape index (κ2) is 5.73. The van der Waals surface area contributed by atoms with E-state index in [0.29, 0.717) is 6.07 Å². The third-order valence-corrected chi connectivity index (χ3v) is 4.36. The van der Waals surface area contributed by atoms with Crippen LogP contribution >= 0.6 is 11.6 Å². The van der Waals surface area contributed by atoms with Crippen LogP contribution in [-0.2, 0) is 16.2 Å². The van der Waals surface area contributed by atoms with E-state index in [1.165, 1.54) is 13.8 Å². The van der Waals surface area contributed by atoms with Crippen molar-refractivity contribution in [3.63, 3.8) is 0 Å². The molecule has 0 bridgehead atoms. The maximum atomic E-state index is 12.5. The van der Waals surface area contributed by atoms with Crippen molar-refractivity contribution in [2.24, 2.45) is 5.41 Å². The van der Waals surface area contributed by atoms with Crippen LogP contribution in [0.15, 0.2) is 18.2 Å². The average molecular weight is 341 g/mol. The van der Waals surface area contributed by atoms with Gasteiger partial charge >= 0.3 is 6.18 Å². The molecule has 0 aliphatic heterocycles. The standard InChI is InChI=1S/C12H12ClF3N2O2S/c1-11(2,6-17)7-21(19,20)18-10-4-3-8(5-9(10)13)12(14,15)16/h3-5,18H,7H2,1-2H3. The van der Waals surface area contributed by atoms with Crippen molar-refractivity contribution >= 4 is 27.3 Å². The molecular weight excluding hydrogens is 329 g/mol. The summed E-state index contributed by atoms with van der Waals surface area (Å²) >= 11 is 5.65. The average Bonchev–Trinajstić information content (AvgIpc) is 2.28. The zero-order valence-corrected chi connectivity index (χ0v) is 12.7. The molecule has 0 aromatic heterocycles. The summed E-state index contributed by atoms with van der Waals surface area (Å²) in [5.74, 6) is -0.506. The van der Waals surface area contributed by atoms with Gasteiger partial charge in [-0.25, -0.2) is 8.42 Å². The summed E-state index contributed by atoms with van der Waals surface area (Å²) < 4.78 is 63.2. The number of alkyl halides is 3. The predicted octanol–water partition coefficient (Wildman–Crippen LogP) is 3.65. The Hall–Kier alpha value is -1.46. The SMILES string of the molecule is CC(C)(C#N)CS(=O)(=O)Nc1ccc(C(F)(F)F)cc1Cl. The van der Waals surface area contributed by atoms with Gasteiger partial charge in [0.15, 0.2) is 0 Å². The summed E-state index contributed by atoms with van der Waals surface area (Å²) in [5, 5.41) is 8.44. The van der Waals surface area contributed by atoms with Crippen LogP contribution in [0.1, 0.15) is 19.4 Å². The van der Waals surface area contributed by atoms with E-state index in [-0.39, 0.29) is 10.7 Å². The summed E-state index contributed by atoms with van der Waals surface area (Å²) in [6, 6.07) is 4.11. The molecule has 0 aliphatic carbocycles. The van der Waals surface area contributed by atoms with Gasteiger partial charge in [-0.15, -0.1) is 0 Å². The first-order chi connectivity index (χ1) is 9.36. The monoisotopic (exact) mass is 340 g/mol. The van der Waals surface area contributed by atoms with Crippen molar-refractivity contribution in [3.05, 3.63) is 28.8 Å². The molecule has 0 saturated carbocycles. The lowest BCUT2D eigenvalue weighted by molar-refractivity contribution is -0.137. The van der Waals surface area contributed by atoms with Gasteiger partial charge in [0.1, 0.15) is 0 Å². The van der Waals surface area contributed by atoms with Crippen molar-refractivity contribution in [3.8, 4) is 6.07 Å². The molecule has 1 aromatic rings. The lowest BCUT2D eigenvalue weighted by atomic mass is 10.00. The Morgan fingerprint density at radius 3 is 2.33 bits per heavy atom. The van der Waals surface area contributed by atoms with Gasteiger partial charge in [-0.3, -0.25) is 4.72 Å². The molecule has 4 nitrogen and oxygen atoms in total. The number of hydrogen-bond donors (Lipinski definition) is 1. The molecule has 0 amide bonds. The van der Waals surface area contributed by atoms with Gasteiger partial charge in [0.25, 0.3) is 0 Å². The maximum absolute atomic E-state index is 12.5. The number of nitrogens with zero attached hydrogens (tertiary/aromatic N) is 1. The topological polar surface area (TPSA) is 70.0 Å². The first-order valence-corrected chi connectivity index (χ1v) is 7.68. The minimum atomic E-state index is -4.57. The number of nitrogens with one attached hydrogen (secondary N) is 1. The van der Waals surface area contributed by atoms with E-state index in [2.05, 4.69) is 4.72 Å². The van der Waals surface area contributed by atoms with Crippen molar-refractivity contribution in [2.75, 3.05) is 10.5 Å². The van der Waals surface area contributed by atoms with E-state index in [0.717, 1.165) is 12.1 Å². The van der Waals surface area contributed by atoms with Crippen LogP contribution in [0.25, 0.3) is 0 Å². The van der Waals surface area contributed by atoms with Gasteiger partial charge in [-0.2, -0.15) is 18.4 Å². The third kappa shape index (κ3) is 5.10. The number of nitriles is 1. The minimum Gasteiger partial charge on any atom is -0.282 e. The van der Waals surface area contributed by atoms with Gasteiger partial charge in [-0.1, -0.05) is 11.6 Å². The maximum Gasteiger partial charge on any atom is 0.416 e. The quantitative estimate of drug-likeness (QED) is 0.909. The number of sulfonamides is 1. The van der Waals surface area contributed by atoms with E-state index in [9.17, 15) is 21.6 Å². The van der Waals surface area contributed by atoms with Gasteiger partial charge in [0, 0.05) is 0 Å². The fourth-order valence-corrected chi connectivity index (χ4v) is 3.37. The van der Waals surface area contributed by atoms with Crippen molar-refractivity contribution in [2.45, 2.75) is 20.0 Å². The zero-order valence-electron chi connectivity index (χ0n) is 11.1. The summed E-state index contributed by atoms with van der Waals surface area (Å²) in [6.45, 7) is 2.86. The summed E-state index contributed by atoms with van der Waals surface area (Å²) in [6.07, 6.45) is -4.57. The largest absolute Gasteiger partial charge is 0.416 e. The first-order valence-electron chi connectivity index (χ1n) is 5.65. The van der Waals surface area contributed by atoms with Gasteiger partial charge in [-0.05, 0) is 32.0 Å². The highest BCUT2D eigenvalue weighted by atomic mass is 35.5. The Morgan fingerprint density at radius 1 is 1.33 bits per heavy atom. The van der Waals surface area contributed by atoms with E-state index < -0.39 is 32.9 Å². The molecule has 0 fully saturated rings. The molecule has 116 valence electrons. The summed E-state index contributed by atoms with van der Waals surface area (Å²) in [7, 11) is -3.91. The summed E-state index contributed by atoms with van der Waals surface area (Å²) in [5.41, 5.74) is -2.28. The molecule has 0 unspecified atom stereocenters. The number of halogens is 4. The van der Waals surface area contributed by atoms with E-state index >= 15 is 0 Å². The molecule has 0 aliphatic rings. The molecule has 0 radical (unpaired) electrons. The Balaban J connectivity index is 3.02. The van der Waals surface area contributed by atoms with Crippen LogP contribution < -0.4 is 4.72 Å². The fourth-order valence-electron chi connectivity index (χ4n) is 1.49. The molecular formula is C12H12ClF3N2O2S. The highest BCUT2D eigenvalue weighted by Crippen LogP contribution is 2.34. The smallest absolute Gasteiger partial charge is 0.282 e. The zero-order chi connectivity index (χ0) is 16.5. The van der Waals surface area contributed by atoms with Crippen LogP contribution in [0.4, 0.5) is 18.9 Å². The van der Waals surface area contributed by atoms with Crippen LogP contribution in [0.3, 0.4) is 0 Å². The molecule has 1 rings (SSSR count). The number of benzene rings is 1. The normalized spacial score (nSPS) is 12.8. The first kappa shape index (κ1) is 17.6. The lowest BCUT2D eigenvalue weighted by Crippen LogP contribution is -2.27. The Kier molecular flexibility index (Phi) is 4.80. The Morgan fingerprint density at radius 2 is 1.90 bits per heavy atom. The highest BCUT2D eigenvalue weighted by Gasteiger charge is 2.31. The van der Waals surface area contributed by atoms with Crippen molar-refractivity contribution < 1.29 is 21.6 Å². The molecule has 21 heavy (non-hydrogen) atoms. The van der Waals surface area contributed by atoms with Crippen LogP contribution in [0.2, 0.25) is 5.02 Å². The highest BCUT2D eigenvalue weighted by molar-refractivity contribution is 7.92. The van der Waals surface area contributed by atoms with Gasteiger partial charge in [0.05, 0.1) is 33.5 Å². The molecule has 0 saturated heterocycles. The van der Waals surface area contributed by atoms with E-state index in [1.54, 1.807) is 0 Å². The second-order valence-corrected chi connectivity index (χ2v) is 7.18. The number of hydrogen-bond acceptors (Lipinski definition) is 3. The van der Waals surface area contributed by atoms with Crippen LogP contribution in [0, 0.1) is 16.7 Å². The van der Waals surface area contributed by atoms with Crippen molar-refractivity contribution in [1.82, 2.24) is 0 Å². The van der Waals surface area contributed by atoms with Gasteiger partial charge < -0.3 is 0 Å². The molecule has 0 spiro atoms. The van der Waals surface area contributed by atoms with Crippen molar-refractivity contribution in [1.29, 1.82) is 5.26 Å².